The van der Waals surface area contributed by atoms with E-state index in [4.69, 9.17) is 4.74 Å². The van der Waals surface area contributed by atoms with Crippen LogP contribution >= 0.6 is 0 Å². The Kier molecular flexibility index (Phi) is 13.1. The Morgan fingerprint density at radius 2 is 1.65 bits per heavy atom. The highest BCUT2D eigenvalue weighted by Gasteiger charge is 2.46. The number of amides is 2. The second-order valence-corrected chi connectivity index (χ2v) is 17.7. The van der Waals surface area contributed by atoms with Crippen molar-refractivity contribution in [2.75, 3.05) is 62.7 Å². The molecule has 1 aromatic heterocycles. The van der Waals surface area contributed by atoms with Gasteiger partial charge < -0.3 is 19.6 Å². The average molecular weight is 813 g/mol. The number of piperazine rings is 1. The maximum Gasteiger partial charge on any atom is 0.243 e. The molecule has 3 aromatic carbocycles. The summed E-state index contributed by atoms with van der Waals surface area (Å²) in [7, 11) is 1.88. The highest BCUT2D eigenvalue weighted by Crippen LogP contribution is 2.47. The van der Waals surface area contributed by atoms with E-state index in [-0.39, 0.29) is 23.9 Å². The third-order valence-electron chi connectivity index (χ3n) is 13.5. The summed E-state index contributed by atoms with van der Waals surface area (Å²) in [5.74, 6) is 2.54. The van der Waals surface area contributed by atoms with Crippen molar-refractivity contribution in [2.45, 2.75) is 82.8 Å². The summed E-state index contributed by atoms with van der Waals surface area (Å²) in [6.07, 6.45) is 13.7. The minimum absolute atomic E-state index is 0.224. The lowest BCUT2D eigenvalue weighted by molar-refractivity contribution is -0.137. The zero-order valence-electron chi connectivity index (χ0n) is 35.0. The molecule has 4 fully saturated rings. The summed E-state index contributed by atoms with van der Waals surface area (Å²) < 4.78 is 6.22. The van der Waals surface area contributed by atoms with Crippen LogP contribution in [0.15, 0.2) is 91.1 Å². The molecule has 0 radical (unpaired) electrons. The van der Waals surface area contributed by atoms with E-state index in [9.17, 15) is 19.5 Å². The normalized spacial score (nSPS) is 22.0. The molecule has 5 heterocycles. The third-order valence-corrected chi connectivity index (χ3v) is 13.5. The molecule has 2 unspecified atom stereocenters. The number of carbonyl (C=O) groups is 3. The summed E-state index contributed by atoms with van der Waals surface area (Å²) in [5, 5.41) is 11.6. The molecule has 2 N–H and O–H groups in total. The molecule has 10 rings (SSSR count). The van der Waals surface area contributed by atoms with Crippen LogP contribution in [0.5, 0.6) is 11.5 Å². The number of aryl methyl sites for hydroxylation is 2. The number of rotatable bonds is 7. The number of nitrogens with zero attached hydrogens (tertiary/aromatic N) is 5. The van der Waals surface area contributed by atoms with Crippen molar-refractivity contribution in [1.82, 2.24) is 20.1 Å². The molecular formula is C49H60N6O5. The van der Waals surface area contributed by atoms with Crippen molar-refractivity contribution in [3.63, 3.8) is 0 Å². The number of hydrogen-bond acceptors (Lipinski definition) is 10. The SMILES string of the molecule is CN(Cc1cc2c(cc1C=O)OCC1CN(CC3CCC4(CC3)CN(c3ccccn3)C4)CCN21)C1CCC(=O)NC1=O.Oc1ccc2c(c1)CCCC2.c1ccccc1. The number of anilines is 2. The van der Waals surface area contributed by atoms with Gasteiger partial charge in [-0.05, 0) is 124 Å². The lowest BCUT2D eigenvalue weighted by Crippen LogP contribution is -2.59. The fourth-order valence-corrected chi connectivity index (χ4v) is 10.2. The van der Waals surface area contributed by atoms with Crippen LogP contribution in [0.2, 0.25) is 0 Å². The van der Waals surface area contributed by atoms with E-state index in [0.29, 0.717) is 42.7 Å². The molecule has 1 saturated carbocycles. The molecule has 316 valence electrons. The number of ether oxygens (including phenoxy) is 1. The number of aldehydes is 1. The molecule has 11 nitrogen and oxygen atoms in total. The van der Waals surface area contributed by atoms with Gasteiger partial charge in [-0.3, -0.25) is 29.5 Å². The summed E-state index contributed by atoms with van der Waals surface area (Å²) in [6, 6.07) is 27.7. The number of benzene rings is 3. The lowest BCUT2D eigenvalue weighted by Gasteiger charge is -2.54. The standard InChI is InChI=1S/C33H42N6O4.C10H12O.C6H6/c1-36(27-5-6-31(41)35-32(27)42)17-24-14-28-29(15-25(24)19-40)43-20-26-18-37(12-13-39(26)28)16-23-7-9-33(10-8-23)21-38(22-33)30-4-2-3-11-34-30;11-10-6-5-8-3-1-2-4-9(8)7-10;1-2-4-6-5-3-1/h2-4,11,14-15,19,23,26-27H,5-10,12-13,16-18,20-22H2,1H3,(H,35,41,42);5-7,11H,1-4H2;1-6H. The number of pyridine rings is 1. The Labute approximate surface area is 354 Å². The highest BCUT2D eigenvalue weighted by molar-refractivity contribution is 6.00. The minimum Gasteiger partial charge on any atom is -0.508 e. The van der Waals surface area contributed by atoms with Crippen LogP contribution in [-0.4, -0.2) is 103 Å². The molecule has 0 bridgehead atoms. The predicted molar refractivity (Wildman–Crippen MR) is 235 cm³/mol. The number of carbonyl (C=O) groups excluding carboxylic acids is 3. The third kappa shape index (κ3) is 9.85. The van der Waals surface area contributed by atoms with E-state index in [1.807, 2.05) is 78.8 Å². The van der Waals surface area contributed by atoms with Gasteiger partial charge in [-0.25, -0.2) is 4.98 Å². The smallest absolute Gasteiger partial charge is 0.243 e. The maximum absolute atomic E-state index is 12.4. The maximum atomic E-state index is 12.4. The van der Waals surface area contributed by atoms with E-state index in [2.05, 4.69) is 43.2 Å². The van der Waals surface area contributed by atoms with Crippen LogP contribution in [0.3, 0.4) is 0 Å². The zero-order valence-corrected chi connectivity index (χ0v) is 35.0. The van der Waals surface area contributed by atoms with Gasteiger partial charge in [-0.1, -0.05) is 48.5 Å². The quantitative estimate of drug-likeness (QED) is 0.155. The molecule has 1 spiro atoms. The van der Waals surface area contributed by atoms with Crippen LogP contribution in [-0.2, 0) is 29.0 Å². The molecule has 4 aliphatic heterocycles. The number of likely N-dealkylation sites (N-methyl/N-ethyl adjacent to an activating group) is 1. The number of aromatic hydroxyl groups is 1. The first kappa shape index (κ1) is 41.5. The van der Waals surface area contributed by atoms with Crippen molar-refractivity contribution >= 4 is 29.6 Å². The van der Waals surface area contributed by atoms with Gasteiger partial charge in [0.2, 0.25) is 11.8 Å². The monoisotopic (exact) mass is 812 g/mol. The lowest BCUT2D eigenvalue weighted by atomic mass is 9.66. The molecule has 2 amide bonds. The van der Waals surface area contributed by atoms with Gasteiger partial charge in [0.05, 0.1) is 17.8 Å². The number of fused-ring (bicyclic) bond motifs is 4. The van der Waals surface area contributed by atoms with Gasteiger partial charge in [0.1, 0.15) is 23.9 Å². The molecular weight excluding hydrogens is 753 g/mol. The zero-order chi connectivity index (χ0) is 41.5. The van der Waals surface area contributed by atoms with E-state index in [1.54, 1.807) is 6.07 Å². The van der Waals surface area contributed by atoms with E-state index < -0.39 is 0 Å². The topological polar surface area (TPSA) is 119 Å². The Hall–Kier alpha value is -5.26. The largest absolute Gasteiger partial charge is 0.508 e. The van der Waals surface area contributed by atoms with Gasteiger partial charge in [0, 0.05) is 69.4 Å². The number of piperidine rings is 1. The second kappa shape index (κ2) is 19.0. The number of nitrogens with one attached hydrogen (secondary N) is 1. The molecule has 3 saturated heterocycles. The Morgan fingerprint density at radius 3 is 2.35 bits per heavy atom. The van der Waals surface area contributed by atoms with E-state index in [1.165, 1.54) is 56.1 Å². The Bertz CT molecular complexity index is 2060. The second-order valence-electron chi connectivity index (χ2n) is 17.7. The molecule has 11 heteroatoms. The van der Waals surface area contributed by atoms with Crippen LogP contribution in [0, 0.1) is 11.3 Å². The summed E-state index contributed by atoms with van der Waals surface area (Å²) in [4.78, 5) is 50.0. The Morgan fingerprint density at radius 1 is 0.900 bits per heavy atom. The first-order valence-corrected chi connectivity index (χ1v) is 22.0. The average Bonchev–Trinajstić information content (AvgIpc) is 3.27. The first-order valence-electron chi connectivity index (χ1n) is 22.0. The van der Waals surface area contributed by atoms with Gasteiger partial charge in [-0.15, -0.1) is 0 Å². The van der Waals surface area contributed by atoms with Crippen molar-refractivity contribution in [3.05, 3.63) is 113 Å². The molecule has 4 aromatic rings. The minimum atomic E-state index is -0.389. The highest BCUT2D eigenvalue weighted by atomic mass is 16.5. The van der Waals surface area contributed by atoms with Crippen LogP contribution in [0.25, 0.3) is 0 Å². The number of hydrogen-bond donors (Lipinski definition) is 2. The van der Waals surface area contributed by atoms with Crippen molar-refractivity contribution in [3.8, 4) is 11.5 Å². The first-order chi connectivity index (χ1) is 29.3. The predicted octanol–water partition coefficient (Wildman–Crippen LogP) is 6.67. The van der Waals surface area contributed by atoms with Crippen molar-refractivity contribution < 1.29 is 24.2 Å². The molecule has 6 aliphatic rings. The number of aromatic nitrogens is 1. The van der Waals surface area contributed by atoms with Gasteiger partial charge >= 0.3 is 0 Å². The number of phenolic OH excluding ortho intramolecular Hbond substituents is 1. The van der Waals surface area contributed by atoms with E-state index in [0.717, 1.165) is 80.7 Å². The summed E-state index contributed by atoms with van der Waals surface area (Å²) in [5.41, 5.74) is 5.75. The van der Waals surface area contributed by atoms with Crippen LogP contribution in [0.4, 0.5) is 11.5 Å². The fraction of sp³-hybridized carbons (Fsp3) is 0.469. The van der Waals surface area contributed by atoms with Gasteiger partial charge in [0.25, 0.3) is 0 Å². The van der Waals surface area contributed by atoms with Crippen molar-refractivity contribution in [1.29, 1.82) is 0 Å². The van der Waals surface area contributed by atoms with Gasteiger partial charge in [-0.2, -0.15) is 0 Å². The van der Waals surface area contributed by atoms with E-state index >= 15 is 0 Å². The molecule has 2 atom stereocenters. The molecule has 60 heavy (non-hydrogen) atoms. The summed E-state index contributed by atoms with van der Waals surface area (Å²) >= 11 is 0. The number of phenols is 1. The molecule has 2 aliphatic carbocycles. The van der Waals surface area contributed by atoms with Crippen LogP contribution in [0.1, 0.15) is 78.4 Å². The Balaban J connectivity index is 0.000000241. The van der Waals surface area contributed by atoms with Crippen LogP contribution < -0.4 is 19.9 Å². The summed E-state index contributed by atoms with van der Waals surface area (Å²) in [6.45, 7) is 7.44. The van der Waals surface area contributed by atoms with Gasteiger partial charge in [0.15, 0.2) is 6.29 Å². The fourth-order valence-electron chi connectivity index (χ4n) is 10.2. The van der Waals surface area contributed by atoms with Crippen molar-refractivity contribution in [2.24, 2.45) is 11.3 Å². The number of imide groups is 1.